The standard InChI is InChI=1S/C18H27N/c1-15(2)16-6-8-17(9-7-16)19-13-12-18(14-19)10-4-3-5-11-18/h6-9,15H,3-5,10-14H2,1-2H3. The van der Waals surface area contributed by atoms with Crippen LogP contribution in [0, 0.1) is 5.41 Å². The van der Waals surface area contributed by atoms with Crippen LogP contribution < -0.4 is 4.90 Å². The normalized spacial score (nSPS) is 22.4. The Bertz CT molecular complexity index is 412. The van der Waals surface area contributed by atoms with Crippen LogP contribution in [0.2, 0.25) is 0 Å². The van der Waals surface area contributed by atoms with E-state index in [9.17, 15) is 0 Å². The minimum absolute atomic E-state index is 0.636. The zero-order chi connectivity index (χ0) is 13.3. The molecule has 1 saturated carbocycles. The zero-order valence-electron chi connectivity index (χ0n) is 12.5. The highest BCUT2D eigenvalue weighted by Crippen LogP contribution is 2.44. The first-order chi connectivity index (χ1) is 9.19. The van der Waals surface area contributed by atoms with Gasteiger partial charge in [-0.3, -0.25) is 0 Å². The molecule has 0 radical (unpaired) electrons. The number of anilines is 1. The number of hydrogen-bond acceptors (Lipinski definition) is 1. The Morgan fingerprint density at radius 2 is 1.63 bits per heavy atom. The lowest BCUT2D eigenvalue weighted by Gasteiger charge is -2.33. The molecule has 1 heteroatoms. The van der Waals surface area contributed by atoms with E-state index >= 15 is 0 Å². The molecule has 1 aliphatic heterocycles. The lowest BCUT2D eigenvalue weighted by Crippen LogP contribution is -2.29. The van der Waals surface area contributed by atoms with Gasteiger partial charge in [0.15, 0.2) is 0 Å². The molecular formula is C18H27N. The fourth-order valence-electron chi connectivity index (χ4n) is 3.94. The third-order valence-electron chi connectivity index (χ3n) is 5.28. The van der Waals surface area contributed by atoms with Crippen LogP contribution in [-0.2, 0) is 0 Å². The summed E-state index contributed by atoms with van der Waals surface area (Å²) in [5.74, 6) is 0.636. The van der Waals surface area contributed by atoms with E-state index in [1.165, 1.54) is 62.9 Å². The Labute approximate surface area is 118 Å². The van der Waals surface area contributed by atoms with Gasteiger partial charge in [0.05, 0.1) is 0 Å². The highest BCUT2D eigenvalue weighted by atomic mass is 15.2. The van der Waals surface area contributed by atoms with Crippen molar-refractivity contribution in [3.63, 3.8) is 0 Å². The summed E-state index contributed by atoms with van der Waals surface area (Å²) in [5.41, 5.74) is 3.55. The number of nitrogens with zero attached hydrogens (tertiary/aromatic N) is 1. The predicted molar refractivity (Wildman–Crippen MR) is 82.9 cm³/mol. The fraction of sp³-hybridized carbons (Fsp3) is 0.667. The topological polar surface area (TPSA) is 3.24 Å². The van der Waals surface area contributed by atoms with E-state index in [1.54, 1.807) is 0 Å². The second kappa shape index (κ2) is 5.19. The quantitative estimate of drug-likeness (QED) is 0.723. The maximum absolute atomic E-state index is 2.62. The van der Waals surface area contributed by atoms with E-state index in [2.05, 4.69) is 43.0 Å². The van der Waals surface area contributed by atoms with Crippen molar-refractivity contribution in [3.8, 4) is 0 Å². The van der Waals surface area contributed by atoms with Crippen LogP contribution in [0.15, 0.2) is 24.3 Å². The third-order valence-corrected chi connectivity index (χ3v) is 5.28. The molecule has 0 bridgehead atoms. The van der Waals surface area contributed by atoms with Gasteiger partial charge in [0.2, 0.25) is 0 Å². The summed E-state index contributed by atoms with van der Waals surface area (Å²) >= 11 is 0. The van der Waals surface area contributed by atoms with Gasteiger partial charge in [-0.1, -0.05) is 45.2 Å². The van der Waals surface area contributed by atoms with E-state index in [4.69, 9.17) is 0 Å². The average molecular weight is 257 g/mol. The maximum atomic E-state index is 2.62. The molecule has 3 rings (SSSR count). The summed E-state index contributed by atoms with van der Waals surface area (Å²) in [7, 11) is 0. The number of hydrogen-bond donors (Lipinski definition) is 0. The molecule has 104 valence electrons. The van der Waals surface area contributed by atoms with Crippen LogP contribution in [0.25, 0.3) is 0 Å². The molecule has 1 heterocycles. The van der Waals surface area contributed by atoms with Crippen molar-refractivity contribution in [1.82, 2.24) is 0 Å². The Balaban J connectivity index is 1.70. The highest BCUT2D eigenvalue weighted by molar-refractivity contribution is 5.49. The second-order valence-electron chi connectivity index (χ2n) is 6.98. The number of rotatable bonds is 2. The third kappa shape index (κ3) is 2.66. The smallest absolute Gasteiger partial charge is 0.0366 e. The van der Waals surface area contributed by atoms with Gasteiger partial charge in [-0.2, -0.15) is 0 Å². The summed E-state index contributed by atoms with van der Waals surface area (Å²) in [4.78, 5) is 2.62. The molecule has 19 heavy (non-hydrogen) atoms. The van der Waals surface area contributed by atoms with Gasteiger partial charge in [-0.05, 0) is 48.3 Å². The van der Waals surface area contributed by atoms with Crippen molar-refractivity contribution < 1.29 is 0 Å². The van der Waals surface area contributed by atoms with Crippen LogP contribution in [0.1, 0.15) is 63.9 Å². The van der Waals surface area contributed by atoms with Crippen LogP contribution in [-0.4, -0.2) is 13.1 Å². The van der Waals surface area contributed by atoms with Crippen molar-refractivity contribution in [2.24, 2.45) is 5.41 Å². The van der Waals surface area contributed by atoms with Crippen molar-refractivity contribution in [2.45, 2.75) is 58.3 Å². The van der Waals surface area contributed by atoms with Gasteiger partial charge < -0.3 is 4.90 Å². The molecule has 0 N–H and O–H groups in total. The molecule has 0 aromatic heterocycles. The van der Waals surface area contributed by atoms with Gasteiger partial charge >= 0.3 is 0 Å². The first kappa shape index (κ1) is 13.0. The summed E-state index contributed by atoms with van der Waals surface area (Å²) in [6, 6.07) is 9.28. The number of benzene rings is 1. The molecule has 1 aromatic rings. The van der Waals surface area contributed by atoms with Gasteiger partial charge in [0, 0.05) is 18.8 Å². The molecule has 0 atom stereocenters. The molecule has 1 nitrogen and oxygen atoms in total. The largest absolute Gasteiger partial charge is 0.371 e. The monoisotopic (exact) mass is 257 g/mol. The van der Waals surface area contributed by atoms with E-state index in [1.807, 2.05) is 0 Å². The first-order valence-electron chi connectivity index (χ1n) is 8.04. The molecule has 2 aliphatic rings. The lowest BCUT2D eigenvalue weighted by molar-refractivity contribution is 0.219. The molecular weight excluding hydrogens is 230 g/mol. The predicted octanol–water partition coefficient (Wildman–Crippen LogP) is 4.97. The molecule has 0 unspecified atom stereocenters. The highest BCUT2D eigenvalue weighted by Gasteiger charge is 2.38. The van der Waals surface area contributed by atoms with E-state index in [0.29, 0.717) is 11.3 Å². The van der Waals surface area contributed by atoms with Gasteiger partial charge in [-0.15, -0.1) is 0 Å². The Morgan fingerprint density at radius 3 is 2.26 bits per heavy atom. The van der Waals surface area contributed by atoms with Crippen molar-refractivity contribution >= 4 is 5.69 Å². The molecule has 1 aliphatic carbocycles. The molecule has 1 saturated heterocycles. The first-order valence-corrected chi connectivity index (χ1v) is 8.04. The molecule has 0 amide bonds. The van der Waals surface area contributed by atoms with Crippen molar-refractivity contribution in [1.29, 1.82) is 0 Å². The summed E-state index contributed by atoms with van der Waals surface area (Å²) in [5, 5.41) is 0. The maximum Gasteiger partial charge on any atom is 0.0366 e. The van der Waals surface area contributed by atoms with E-state index in [0.717, 1.165) is 0 Å². The van der Waals surface area contributed by atoms with Crippen LogP contribution in [0.5, 0.6) is 0 Å². The average Bonchev–Trinajstić information content (AvgIpc) is 2.83. The molecule has 1 aromatic carbocycles. The fourth-order valence-corrected chi connectivity index (χ4v) is 3.94. The lowest BCUT2D eigenvalue weighted by atomic mass is 9.73. The molecule has 2 fully saturated rings. The molecule has 1 spiro atoms. The van der Waals surface area contributed by atoms with Crippen molar-refractivity contribution in [2.75, 3.05) is 18.0 Å². The minimum atomic E-state index is 0.636. The van der Waals surface area contributed by atoms with Gasteiger partial charge in [-0.25, -0.2) is 0 Å². The van der Waals surface area contributed by atoms with E-state index in [-0.39, 0.29) is 0 Å². The summed E-state index contributed by atoms with van der Waals surface area (Å²) in [6.45, 7) is 7.10. The van der Waals surface area contributed by atoms with E-state index < -0.39 is 0 Å². The Hall–Kier alpha value is -0.980. The minimum Gasteiger partial charge on any atom is -0.371 e. The van der Waals surface area contributed by atoms with Crippen LogP contribution >= 0.6 is 0 Å². The second-order valence-corrected chi connectivity index (χ2v) is 6.98. The summed E-state index contributed by atoms with van der Waals surface area (Å²) < 4.78 is 0. The van der Waals surface area contributed by atoms with Gasteiger partial charge in [0.25, 0.3) is 0 Å². The SMILES string of the molecule is CC(C)c1ccc(N2CCC3(CCCCC3)C2)cc1. The summed E-state index contributed by atoms with van der Waals surface area (Å²) in [6.07, 6.45) is 8.73. The zero-order valence-corrected chi connectivity index (χ0v) is 12.5. The Morgan fingerprint density at radius 1 is 0.947 bits per heavy atom. The van der Waals surface area contributed by atoms with Gasteiger partial charge in [0.1, 0.15) is 0 Å². The van der Waals surface area contributed by atoms with Crippen LogP contribution in [0.3, 0.4) is 0 Å². The Kier molecular flexibility index (Phi) is 3.56. The van der Waals surface area contributed by atoms with Crippen molar-refractivity contribution in [3.05, 3.63) is 29.8 Å². The van der Waals surface area contributed by atoms with Crippen LogP contribution in [0.4, 0.5) is 5.69 Å².